The molecular formula is C15H25NO6. The van der Waals surface area contributed by atoms with Gasteiger partial charge in [0.2, 0.25) is 6.29 Å². The van der Waals surface area contributed by atoms with Crippen LogP contribution in [0.15, 0.2) is 12.2 Å². The van der Waals surface area contributed by atoms with E-state index in [0.717, 1.165) is 0 Å². The van der Waals surface area contributed by atoms with Crippen molar-refractivity contribution in [2.75, 3.05) is 6.61 Å². The molecule has 0 saturated heterocycles. The van der Waals surface area contributed by atoms with E-state index in [-0.39, 0.29) is 6.61 Å². The van der Waals surface area contributed by atoms with Gasteiger partial charge in [-0.2, -0.15) is 0 Å². The Labute approximate surface area is 130 Å². The predicted octanol–water partition coefficient (Wildman–Crippen LogP) is 2.74. The summed E-state index contributed by atoms with van der Waals surface area (Å²) in [6, 6.07) is -0.642. The van der Waals surface area contributed by atoms with Crippen molar-refractivity contribution in [1.29, 1.82) is 0 Å². The lowest BCUT2D eigenvalue weighted by Gasteiger charge is -2.30. The van der Waals surface area contributed by atoms with Crippen LogP contribution >= 0.6 is 0 Å². The Morgan fingerprint density at radius 2 is 1.68 bits per heavy atom. The van der Waals surface area contributed by atoms with E-state index >= 15 is 0 Å². The Hall–Kier alpha value is -1.76. The Kier molecular flexibility index (Phi) is 5.82. The Morgan fingerprint density at radius 1 is 1.09 bits per heavy atom. The Balaban J connectivity index is 2.60. The van der Waals surface area contributed by atoms with Crippen molar-refractivity contribution in [3.8, 4) is 0 Å². The van der Waals surface area contributed by atoms with E-state index in [9.17, 15) is 9.59 Å². The van der Waals surface area contributed by atoms with Gasteiger partial charge in [-0.05, 0) is 41.5 Å². The minimum absolute atomic E-state index is 0.278. The zero-order valence-electron chi connectivity index (χ0n) is 14.0. The van der Waals surface area contributed by atoms with E-state index in [0.29, 0.717) is 0 Å². The molecule has 0 aromatic rings. The van der Waals surface area contributed by atoms with Gasteiger partial charge in [0.15, 0.2) is 0 Å². The molecule has 1 N–H and O–H groups in total. The van der Waals surface area contributed by atoms with Crippen LogP contribution in [-0.2, 0) is 18.9 Å². The molecule has 1 rings (SSSR count). The zero-order valence-corrected chi connectivity index (χ0v) is 14.0. The third-order valence-electron chi connectivity index (χ3n) is 2.28. The number of alkyl carbamates (subject to hydrolysis) is 1. The smallest absolute Gasteiger partial charge is 0.444 e. The molecule has 0 fully saturated rings. The summed E-state index contributed by atoms with van der Waals surface area (Å²) in [4.78, 5) is 23.5. The predicted molar refractivity (Wildman–Crippen MR) is 79.4 cm³/mol. The number of hydrogen-bond donors (Lipinski definition) is 1. The molecule has 1 heterocycles. The van der Waals surface area contributed by atoms with E-state index in [1.165, 1.54) is 0 Å². The first kappa shape index (κ1) is 18.3. The maximum absolute atomic E-state index is 11.8. The number of amides is 1. The first-order valence-corrected chi connectivity index (χ1v) is 7.14. The quantitative estimate of drug-likeness (QED) is 0.623. The molecule has 2 atom stereocenters. The summed E-state index contributed by atoms with van der Waals surface area (Å²) in [6.45, 7) is 10.7. The SMILES string of the molecule is CC(C)(C)OC(=O)N[C@@H]1C=CCO[C@@H]1OC(=O)OC(C)(C)C. The van der Waals surface area contributed by atoms with E-state index < -0.39 is 35.8 Å². The molecule has 22 heavy (non-hydrogen) atoms. The van der Waals surface area contributed by atoms with Crippen LogP contribution in [0.1, 0.15) is 41.5 Å². The Bertz CT molecular complexity index is 432. The maximum atomic E-state index is 11.8. The zero-order chi connectivity index (χ0) is 17.0. The van der Waals surface area contributed by atoms with Crippen molar-refractivity contribution < 1.29 is 28.5 Å². The molecule has 0 aromatic heterocycles. The van der Waals surface area contributed by atoms with Crippen molar-refractivity contribution in [2.24, 2.45) is 0 Å². The number of nitrogens with one attached hydrogen (secondary N) is 1. The van der Waals surface area contributed by atoms with Gasteiger partial charge in [-0.25, -0.2) is 9.59 Å². The lowest BCUT2D eigenvalue weighted by Crippen LogP contribution is -2.48. The van der Waals surface area contributed by atoms with Gasteiger partial charge in [-0.15, -0.1) is 0 Å². The van der Waals surface area contributed by atoms with E-state index in [1.807, 2.05) is 0 Å². The van der Waals surface area contributed by atoms with Crippen LogP contribution in [-0.4, -0.2) is 42.4 Å². The highest BCUT2D eigenvalue weighted by Crippen LogP contribution is 2.15. The monoisotopic (exact) mass is 315 g/mol. The number of carbonyl (C=O) groups excluding carboxylic acids is 2. The summed E-state index contributed by atoms with van der Waals surface area (Å²) in [5.41, 5.74) is -1.29. The van der Waals surface area contributed by atoms with Crippen LogP contribution in [0.5, 0.6) is 0 Å². The second kappa shape index (κ2) is 7.00. The van der Waals surface area contributed by atoms with E-state index in [1.54, 1.807) is 53.7 Å². The summed E-state index contributed by atoms with van der Waals surface area (Å²) in [5, 5.41) is 2.59. The summed E-state index contributed by atoms with van der Waals surface area (Å²) in [5.74, 6) is 0. The van der Waals surface area contributed by atoms with Gasteiger partial charge in [0.1, 0.15) is 17.2 Å². The fourth-order valence-electron chi connectivity index (χ4n) is 1.58. The summed E-state index contributed by atoms with van der Waals surface area (Å²) in [7, 11) is 0. The molecule has 7 nitrogen and oxygen atoms in total. The average Bonchev–Trinajstić information content (AvgIpc) is 2.26. The van der Waals surface area contributed by atoms with Crippen molar-refractivity contribution in [3.63, 3.8) is 0 Å². The summed E-state index contributed by atoms with van der Waals surface area (Å²) < 4.78 is 20.7. The number of hydrogen-bond acceptors (Lipinski definition) is 6. The van der Waals surface area contributed by atoms with Gasteiger partial charge >= 0.3 is 12.2 Å². The number of rotatable bonds is 2. The van der Waals surface area contributed by atoms with Gasteiger partial charge in [0, 0.05) is 0 Å². The first-order chi connectivity index (χ1) is 9.96. The van der Waals surface area contributed by atoms with E-state index in [4.69, 9.17) is 18.9 Å². The Morgan fingerprint density at radius 3 is 2.23 bits per heavy atom. The van der Waals surface area contributed by atoms with Crippen LogP contribution in [0.4, 0.5) is 9.59 Å². The highest BCUT2D eigenvalue weighted by molar-refractivity contribution is 5.68. The molecule has 0 aromatic carbocycles. The standard InChI is InChI=1S/C15H25NO6/c1-14(2,3)21-12(17)16-10-8-7-9-19-11(10)20-13(18)22-15(4,5)6/h7-8,10-11H,9H2,1-6H3,(H,16,17)/t10-,11-/m1/s1. The lowest BCUT2D eigenvalue weighted by molar-refractivity contribution is -0.139. The van der Waals surface area contributed by atoms with Crippen molar-refractivity contribution in [1.82, 2.24) is 5.32 Å². The molecule has 1 amide bonds. The molecule has 0 spiro atoms. The van der Waals surface area contributed by atoms with Gasteiger partial charge in [-0.1, -0.05) is 12.2 Å². The topological polar surface area (TPSA) is 83.1 Å². The summed E-state index contributed by atoms with van der Waals surface area (Å²) in [6.07, 6.45) is 0.959. The highest BCUT2D eigenvalue weighted by atomic mass is 16.8. The van der Waals surface area contributed by atoms with Gasteiger partial charge in [-0.3, -0.25) is 0 Å². The van der Waals surface area contributed by atoms with Crippen LogP contribution < -0.4 is 5.32 Å². The van der Waals surface area contributed by atoms with Crippen molar-refractivity contribution >= 4 is 12.2 Å². The van der Waals surface area contributed by atoms with Gasteiger partial charge in [0.25, 0.3) is 0 Å². The van der Waals surface area contributed by atoms with Crippen LogP contribution in [0.25, 0.3) is 0 Å². The first-order valence-electron chi connectivity index (χ1n) is 7.14. The molecule has 0 saturated carbocycles. The molecule has 0 unspecified atom stereocenters. The van der Waals surface area contributed by atoms with Crippen molar-refractivity contribution in [2.45, 2.75) is 65.1 Å². The van der Waals surface area contributed by atoms with Crippen LogP contribution in [0.3, 0.4) is 0 Å². The number of ether oxygens (including phenoxy) is 4. The fourth-order valence-corrected chi connectivity index (χ4v) is 1.58. The van der Waals surface area contributed by atoms with E-state index in [2.05, 4.69) is 5.32 Å². The average molecular weight is 315 g/mol. The second-order valence-corrected chi connectivity index (χ2v) is 6.88. The maximum Gasteiger partial charge on any atom is 0.511 e. The minimum Gasteiger partial charge on any atom is -0.444 e. The minimum atomic E-state index is -0.965. The van der Waals surface area contributed by atoms with Crippen LogP contribution in [0.2, 0.25) is 0 Å². The van der Waals surface area contributed by atoms with Gasteiger partial charge in [0.05, 0.1) is 6.61 Å². The lowest BCUT2D eigenvalue weighted by atomic mass is 10.2. The molecule has 1 aliphatic rings. The largest absolute Gasteiger partial charge is 0.511 e. The summed E-state index contributed by atoms with van der Waals surface area (Å²) >= 11 is 0. The van der Waals surface area contributed by atoms with Crippen molar-refractivity contribution in [3.05, 3.63) is 12.2 Å². The van der Waals surface area contributed by atoms with Gasteiger partial charge < -0.3 is 24.3 Å². The third-order valence-corrected chi connectivity index (χ3v) is 2.28. The molecule has 0 radical (unpaired) electrons. The molecule has 0 aliphatic carbocycles. The molecule has 1 aliphatic heterocycles. The van der Waals surface area contributed by atoms with Crippen LogP contribution in [0, 0.1) is 0 Å². The second-order valence-electron chi connectivity index (χ2n) is 6.88. The molecule has 0 bridgehead atoms. The highest BCUT2D eigenvalue weighted by Gasteiger charge is 2.31. The molecule has 7 heteroatoms. The molecule has 126 valence electrons. The normalized spacial score (nSPS) is 21.9. The number of carbonyl (C=O) groups is 2. The third kappa shape index (κ3) is 7.31. The fraction of sp³-hybridized carbons (Fsp3) is 0.733. The molecular weight excluding hydrogens is 290 g/mol.